The van der Waals surface area contributed by atoms with E-state index in [0.717, 1.165) is 6.54 Å². The summed E-state index contributed by atoms with van der Waals surface area (Å²) in [5, 5.41) is 2.77. The van der Waals surface area contributed by atoms with E-state index < -0.39 is 0 Å². The Morgan fingerprint density at radius 1 is 1.10 bits per heavy atom. The fraction of sp³-hybridized carbons (Fsp3) is 0.500. The molecule has 1 rings (SSSR count). The lowest BCUT2D eigenvalue weighted by atomic mass is 10.3. The summed E-state index contributed by atoms with van der Waals surface area (Å²) in [5.41, 5.74) is 0. The van der Waals surface area contributed by atoms with E-state index >= 15 is 0 Å². The van der Waals surface area contributed by atoms with Crippen LogP contribution < -0.4 is 19.5 Å². The third-order valence-electron chi connectivity index (χ3n) is 2.58. The second kappa shape index (κ2) is 8.27. The van der Waals surface area contributed by atoms with Crippen LogP contribution in [-0.4, -0.2) is 58.8 Å². The van der Waals surface area contributed by atoms with Gasteiger partial charge >= 0.3 is 0 Å². The number of nitrogens with one attached hydrogen (secondary N) is 1. The fourth-order valence-electron chi connectivity index (χ4n) is 1.48. The first-order chi connectivity index (χ1) is 9.55. The van der Waals surface area contributed by atoms with Gasteiger partial charge in [0.2, 0.25) is 0 Å². The maximum Gasteiger partial charge on any atom is 0.257 e. The van der Waals surface area contributed by atoms with E-state index in [-0.39, 0.29) is 12.5 Å². The second-order valence-electron chi connectivity index (χ2n) is 4.49. The minimum absolute atomic E-state index is 0.0379. The van der Waals surface area contributed by atoms with Crippen molar-refractivity contribution >= 4 is 5.91 Å². The monoisotopic (exact) mass is 282 g/mol. The van der Waals surface area contributed by atoms with Crippen LogP contribution in [0.25, 0.3) is 0 Å². The van der Waals surface area contributed by atoms with E-state index in [1.165, 1.54) is 0 Å². The van der Waals surface area contributed by atoms with Crippen LogP contribution in [0.3, 0.4) is 0 Å². The summed E-state index contributed by atoms with van der Waals surface area (Å²) in [6, 6.07) is 5.15. The lowest BCUT2D eigenvalue weighted by Crippen LogP contribution is -2.34. The molecule has 1 amide bonds. The molecule has 0 bridgehead atoms. The maximum absolute atomic E-state index is 11.6. The number of amides is 1. The van der Waals surface area contributed by atoms with Gasteiger partial charge < -0.3 is 24.4 Å². The number of nitrogens with zero attached hydrogens (tertiary/aromatic N) is 1. The Morgan fingerprint density at radius 3 is 2.15 bits per heavy atom. The van der Waals surface area contributed by atoms with E-state index in [9.17, 15) is 4.79 Å². The molecule has 0 radical (unpaired) electrons. The summed E-state index contributed by atoms with van der Waals surface area (Å²) < 4.78 is 15.7. The molecule has 0 aliphatic heterocycles. The Balaban J connectivity index is 2.46. The average Bonchev–Trinajstić information content (AvgIpc) is 2.44. The Labute approximate surface area is 119 Å². The fourth-order valence-corrected chi connectivity index (χ4v) is 1.48. The number of carbonyl (C=O) groups is 1. The lowest BCUT2D eigenvalue weighted by Gasteiger charge is -2.12. The molecule has 0 atom stereocenters. The lowest BCUT2D eigenvalue weighted by molar-refractivity contribution is -0.123. The predicted molar refractivity (Wildman–Crippen MR) is 76.6 cm³/mol. The number of rotatable bonds is 8. The Hall–Kier alpha value is -1.95. The van der Waals surface area contributed by atoms with E-state index in [4.69, 9.17) is 14.2 Å². The number of likely N-dealkylation sites (N-methyl/N-ethyl adjacent to an activating group) is 1. The summed E-state index contributed by atoms with van der Waals surface area (Å²) >= 11 is 0. The number of carbonyl (C=O) groups excluding carboxylic acids is 1. The Morgan fingerprint density at radius 2 is 1.65 bits per heavy atom. The van der Waals surface area contributed by atoms with Gasteiger partial charge in [0.1, 0.15) is 17.2 Å². The molecule has 6 nitrogen and oxygen atoms in total. The molecular formula is C14H22N2O4. The van der Waals surface area contributed by atoms with Crippen LogP contribution >= 0.6 is 0 Å². The SMILES string of the molecule is COc1cc(OC)cc(OCC(=O)NCCN(C)C)c1. The molecule has 1 aromatic rings. The molecule has 1 aromatic carbocycles. The first-order valence-electron chi connectivity index (χ1n) is 6.32. The van der Waals surface area contributed by atoms with Gasteiger partial charge in [0.15, 0.2) is 6.61 Å². The quantitative estimate of drug-likeness (QED) is 0.763. The van der Waals surface area contributed by atoms with Crippen molar-refractivity contribution in [2.45, 2.75) is 0 Å². The zero-order valence-electron chi connectivity index (χ0n) is 12.4. The third kappa shape index (κ3) is 5.79. The summed E-state index contributed by atoms with van der Waals surface area (Å²) in [6.45, 7) is 1.35. The van der Waals surface area contributed by atoms with Gasteiger partial charge in [0.05, 0.1) is 14.2 Å². The molecule has 0 unspecified atom stereocenters. The summed E-state index contributed by atoms with van der Waals surface area (Å²) in [4.78, 5) is 13.6. The first-order valence-corrected chi connectivity index (χ1v) is 6.32. The van der Waals surface area contributed by atoms with Crippen LogP contribution in [0.4, 0.5) is 0 Å². The van der Waals surface area contributed by atoms with Crippen LogP contribution in [-0.2, 0) is 4.79 Å². The molecule has 0 spiro atoms. The molecule has 1 N–H and O–H groups in total. The summed E-state index contributed by atoms with van der Waals surface area (Å²) in [7, 11) is 7.02. The minimum Gasteiger partial charge on any atom is -0.496 e. The van der Waals surface area contributed by atoms with Crippen molar-refractivity contribution in [2.75, 3.05) is 48.0 Å². The van der Waals surface area contributed by atoms with Crippen molar-refractivity contribution < 1.29 is 19.0 Å². The highest BCUT2D eigenvalue weighted by Crippen LogP contribution is 2.27. The van der Waals surface area contributed by atoms with Crippen molar-refractivity contribution in [1.82, 2.24) is 10.2 Å². The van der Waals surface area contributed by atoms with Gasteiger partial charge in [0, 0.05) is 31.3 Å². The maximum atomic E-state index is 11.6. The standard InChI is InChI=1S/C14H22N2O4/c1-16(2)6-5-15-14(17)10-20-13-8-11(18-3)7-12(9-13)19-4/h7-9H,5-6,10H2,1-4H3,(H,15,17). The molecule has 0 fully saturated rings. The number of benzene rings is 1. The molecule has 0 aromatic heterocycles. The number of hydrogen-bond acceptors (Lipinski definition) is 5. The largest absolute Gasteiger partial charge is 0.496 e. The summed E-state index contributed by atoms with van der Waals surface area (Å²) in [5.74, 6) is 1.61. The van der Waals surface area contributed by atoms with Crippen molar-refractivity contribution in [3.8, 4) is 17.2 Å². The predicted octanol–water partition coefficient (Wildman–Crippen LogP) is 0.760. The highest BCUT2D eigenvalue weighted by molar-refractivity contribution is 5.77. The third-order valence-corrected chi connectivity index (χ3v) is 2.58. The molecule has 0 saturated carbocycles. The van der Waals surface area contributed by atoms with Crippen molar-refractivity contribution in [3.63, 3.8) is 0 Å². The smallest absolute Gasteiger partial charge is 0.257 e. The topological polar surface area (TPSA) is 60.0 Å². The van der Waals surface area contributed by atoms with Crippen LogP contribution in [0.15, 0.2) is 18.2 Å². The molecule has 0 aliphatic rings. The van der Waals surface area contributed by atoms with Crippen LogP contribution in [0.1, 0.15) is 0 Å². The second-order valence-corrected chi connectivity index (χ2v) is 4.49. The van der Waals surface area contributed by atoms with Crippen molar-refractivity contribution in [2.24, 2.45) is 0 Å². The first kappa shape index (κ1) is 16.1. The number of ether oxygens (including phenoxy) is 3. The van der Waals surface area contributed by atoms with Crippen LogP contribution in [0, 0.1) is 0 Å². The van der Waals surface area contributed by atoms with Gasteiger partial charge in [-0.25, -0.2) is 0 Å². The van der Waals surface area contributed by atoms with E-state index in [1.54, 1.807) is 32.4 Å². The number of methoxy groups -OCH3 is 2. The normalized spacial score (nSPS) is 10.2. The Bertz CT molecular complexity index is 413. The minimum atomic E-state index is -0.159. The van der Waals surface area contributed by atoms with Gasteiger partial charge in [0.25, 0.3) is 5.91 Å². The van der Waals surface area contributed by atoms with Gasteiger partial charge in [-0.05, 0) is 14.1 Å². The van der Waals surface area contributed by atoms with E-state index in [1.807, 2.05) is 19.0 Å². The average molecular weight is 282 g/mol. The number of hydrogen-bond donors (Lipinski definition) is 1. The molecule has 0 heterocycles. The highest BCUT2D eigenvalue weighted by atomic mass is 16.5. The van der Waals surface area contributed by atoms with E-state index in [2.05, 4.69) is 5.32 Å². The molecule has 20 heavy (non-hydrogen) atoms. The molecule has 112 valence electrons. The van der Waals surface area contributed by atoms with Crippen molar-refractivity contribution in [1.29, 1.82) is 0 Å². The van der Waals surface area contributed by atoms with Gasteiger partial charge in [-0.15, -0.1) is 0 Å². The molecule has 6 heteroatoms. The highest BCUT2D eigenvalue weighted by Gasteiger charge is 2.06. The van der Waals surface area contributed by atoms with Crippen LogP contribution in [0.2, 0.25) is 0 Å². The summed E-state index contributed by atoms with van der Waals surface area (Å²) in [6.07, 6.45) is 0. The zero-order chi connectivity index (χ0) is 15.0. The molecule has 0 aliphatic carbocycles. The molecule has 0 saturated heterocycles. The molecular weight excluding hydrogens is 260 g/mol. The van der Waals surface area contributed by atoms with Crippen LogP contribution in [0.5, 0.6) is 17.2 Å². The van der Waals surface area contributed by atoms with E-state index in [0.29, 0.717) is 23.8 Å². The van der Waals surface area contributed by atoms with Gasteiger partial charge in [-0.3, -0.25) is 4.79 Å². The van der Waals surface area contributed by atoms with Gasteiger partial charge in [-0.1, -0.05) is 0 Å². The van der Waals surface area contributed by atoms with Gasteiger partial charge in [-0.2, -0.15) is 0 Å². The van der Waals surface area contributed by atoms with Crippen molar-refractivity contribution in [3.05, 3.63) is 18.2 Å². The Kier molecular flexibility index (Phi) is 6.66. The zero-order valence-corrected chi connectivity index (χ0v) is 12.4.